The van der Waals surface area contributed by atoms with Crippen LogP contribution in [-0.2, 0) is 10.0 Å². The monoisotopic (exact) mass is 289 g/mol. The first-order valence-electron chi connectivity index (χ1n) is 5.81. The van der Waals surface area contributed by atoms with Crippen molar-refractivity contribution in [1.82, 2.24) is 14.7 Å². The highest BCUT2D eigenvalue weighted by molar-refractivity contribution is 7.89. The van der Waals surface area contributed by atoms with E-state index in [0.717, 1.165) is 19.3 Å². The van der Waals surface area contributed by atoms with E-state index in [9.17, 15) is 8.42 Å². The van der Waals surface area contributed by atoms with Crippen molar-refractivity contribution in [3.8, 4) is 0 Å². The standard InChI is InChI=1S/C11H16ClN3O2S/c1-11(2)5-3-4-9(11)15-18(16,17)8-6-13-10(12)14-7-8/h6-7,9,15H,3-5H2,1-2H3. The molecule has 0 spiro atoms. The molecule has 0 aromatic carbocycles. The van der Waals surface area contributed by atoms with E-state index in [0.29, 0.717) is 0 Å². The van der Waals surface area contributed by atoms with Crippen LogP contribution in [0.1, 0.15) is 33.1 Å². The van der Waals surface area contributed by atoms with Gasteiger partial charge in [0.25, 0.3) is 0 Å². The number of hydrogen-bond donors (Lipinski definition) is 1. The van der Waals surface area contributed by atoms with Crippen LogP contribution >= 0.6 is 11.6 Å². The van der Waals surface area contributed by atoms with Crippen molar-refractivity contribution in [3.05, 3.63) is 17.7 Å². The van der Waals surface area contributed by atoms with E-state index in [1.54, 1.807) is 0 Å². The topological polar surface area (TPSA) is 72.0 Å². The summed E-state index contributed by atoms with van der Waals surface area (Å²) in [5, 5.41) is 0.0372. The average molecular weight is 290 g/mol. The first-order valence-corrected chi connectivity index (χ1v) is 7.67. The largest absolute Gasteiger partial charge is 0.243 e. The summed E-state index contributed by atoms with van der Waals surface area (Å²) in [5.41, 5.74) is -0.0135. The van der Waals surface area contributed by atoms with Gasteiger partial charge in [-0.25, -0.2) is 23.1 Å². The zero-order valence-corrected chi connectivity index (χ0v) is 11.9. The Bertz CT molecular complexity index is 528. The van der Waals surface area contributed by atoms with Crippen LogP contribution in [0.5, 0.6) is 0 Å². The van der Waals surface area contributed by atoms with Crippen LogP contribution in [0.3, 0.4) is 0 Å². The minimum absolute atomic E-state index is 0.0135. The van der Waals surface area contributed by atoms with Crippen LogP contribution in [0.25, 0.3) is 0 Å². The molecule has 7 heteroatoms. The molecular weight excluding hydrogens is 274 g/mol. The van der Waals surface area contributed by atoms with Gasteiger partial charge in [-0.15, -0.1) is 0 Å². The van der Waals surface area contributed by atoms with E-state index in [1.807, 2.05) is 0 Å². The highest BCUT2D eigenvalue weighted by Gasteiger charge is 2.37. The molecule has 1 aromatic rings. The minimum Gasteiger partial charge on any atom is -0.225 e. The first kappa shape index (κ1) is 13.7. The SMILES string of the molecule is CC1(C)CCCC1NS(=O)(=O)c1cnc(Cl)nc1. The first-order chi connectivity index (χ1) is 8.31. The normalized spacial score (nSPS) is 23.2. The van der Waals surface area contributed by atoms with E-state index < -0.39 is 10.0 Å². The number of aromatic nitrogens is 2. The van der Waals surface area contributed by atoms with E-state index >= 15 is 0 Å². The van der Waals surface area contributed by atoms with Gasteiger partial charge >= 0.3 is 0 Å². The van der Waals surface area contributed by atoms with Crippen LogP contribution in [0.4, 0.5) is 0 Å². The Balaban J connectivity index is 2.20. The van der Waals surface area contributed by atoms with Gasteiger partial charge in [-0.3, -0.25) is 0 Å². The van der Waals surface area contributed by atoms with E-state index in [-0.39, 0.29) is 21.6 Å². The summed E-state index contributed by atoms with van der Waals surface area (Å²) >= 11 is 5.54. The minimum atomic E-state index is -3.57. The van der Waals surface area contributed by atoms with Crippen molar-refractivity contribution in [2.45, 2.75) is 44.0 Å². The van der Waals surface area contributed by atoms with Crippen LogP contribution < -0.4 is 4.72 Å². The molecule has 100 valence electrons. The molecule has 1 aromatic heterocycles. The van der Waals surface area contributed by atoms with Gasteiger partial charge in [0, 0.05) is 6.04 Å². The molecule has 1 heterocycles. The van der Waals surface area contributed by atoms with E-state index in [1.165, 1.54) is 12.4 Å². The van der Waals surface area contributed by atoms with Crippen molar-refractivity contribution in [2.24, 2.45) is 5.41 Å². The Labute approximate surface area is 112 Å². The van der Waals surface area contributed by atoms with Crippen LogP contribution in [0.2, 0.25) is 5.28 Å². The highest BCUT2D eigenvalue weighted by Crippen LogP contribution is 2.37. The summed E-state index contributed by atoms with van der Waals surface area (Å²) < 4.78 is 27.0. The number of sulfonamides is 1. The Morgan fingerprint density at radius 1 is 1.39 bits per heavy atom. The lowest BCUT2D eigenvalue weighted by Gasteiger charge is -2.27. The van der Waals surface area contributed by atoms with Crippen LogP contribution in [0, 0.1) is 5.41 Å². The third-order valence-electron chi connectivity index (χ3n) is 3.46. The van der Waals surface area contributed by atoms with Gasteiger partial charge in [-0.05, 0) is 29.9 Å². The maximum absolute atomic E-state index is 12.2. The van der Waals surface area contributed by atoms with Crippen molar-refractivity contribution in [1.29, 1.82) is 0 Å². The maximum Gasteiger partial charge on any atom is 0.243 e. The molecule has 1 unspecified atom stereocenters. The van der Waals surface area contributed by atoms with Crippen molar-refractivity contribution < 1.29 is 8.42 Å². The number of halogens is 1. The third-order valence-corrected chi connectivity index (χ3v) is 5.08. The lowest BCUT2D eigenvalue weighted by molar-refractivity contribution is 0.313. The molecule has 0 radical (unpaired) electrons. The Hall–Kier alpha value is -0.720. The number of nitrogens with one attached hydrogen (secondary N) is 1. The summed E-state index contributed by atoms with van der Waals surface area (Å²) in [7, 11) is -3.57. The fourth-order valence-corrected chi connectivity index (χ4v) is 3.67. The molecule has 1 aliphatic rings. The van der Waals surface area contributed by atoms with E-state index in [2.05, 4.69) is 28.5 Å². The molecule has 1 N–H and O–H groups in total. The summed E-state index contributed by atoms with van der Waals surface area (Å²) in [6, 6.07) is -0.0434. The lowest BCUT2D eigenvalue weighted by Crippen LogP contribution is -2.41. The van der Waals surface area contributed by atoms with Gasteiger partial charge in [0.1, 0.15) is 4.90 Å². The van der Waals surface area contributed by atoms with Gasteiger partial charge < -0.3 is 0 Å². The molecule has 5 nitrogen and oxygen atoms in total. The maximum atomic E-state index is 12.2. The van der Waals surface area contributed by atoms with Gasteiger partial charge in [-0.2, -0.15) is 0 Å². The van der Waals surface area contributed by atoms with Crippen molar-refractivity contribution in [3.63, 3.8) is 0 Å². The second-order valence-electron chi connectivity index (χ2n) is 5.24. The summed E-state index contributed by atoms with van der Waals surface area (Å²) in [6.45, 7) is 4.15. The van der Waals surface area contributed by atoms with Gasteiger partial charge in [-0.1, -0.05) is 20.3 Å². The second-order valence-corrected chi connectivity index (χ2v) is 7.29. The number of hydrogen-bond acceptors (Lipinski definition) is 4. The van der Waals surface area contributed by atoms with Gasteiger partial charge in [0.05, 0.1) is 12.4 Å². The Morgan fingerprint density at radius 3 is 2.50 bits per heavy atom. The predicted molar refractivity (Wildman–Crippen MR) is 68.8 cm³/mol. The molecule has 0 aliphatic heterocycles. The molecule has 1 saturated carbocycles. The van der Waals surface area contributed by atoms with E-state index in [4.69, 9.17) is 11.6 Å². The molecular formula is C11H16ClN3O2S. The predicted octanol–water partition coefficient (Wildman–Crippen LogP) is 1.99. The lowest BCUT2D eigenvalue weighted by atomic mass is 9.88. The van der Waals surface area contributed by atoms with Crippen LogP contribution in [0.15, 0.2) is 17.3 Å². The molecule has 1 fully saturated rings. The third kappa shape index (κ3) is 2.81. The zero-order chi connectivity index (χ0) is 13.4. The van der Waals surface area contributed by atoms with Crippen molar-refractivity contribution in [2.75, 3.05) is 0 Å². The van der Waals surface area contributed by atoms with Gasteiger partial charge in [0.2, 0.25) is 15.3 Å². The quantitative estimate of drug-likeness (QED) is 0.864. The molecule has 18 heavy (non-hydrogen) atoms. The molecule has 0 saturated heterocycles. The molecule has 1 aliphatic carbocycles. The molecule has 0 amide bonds. The second kappa shape index (κ2) is 4.75. The Kier molecular flexibility index (Phi) is 3.62. The highest BCUT2D eigenvalue weighted by atomic mass is 35.5. The number of rotatable bonds is 3. The molecule has 0 bridgehead atoms. The Morgan fingerprint density at radius 2 is 2.00 bits per heavy atom. The summed E-state index contributed by atoms with van der Waals surface area (Å²) in [6.07, 6.45) is 5.37. The number of nitrogens with zero attached hydrogens (tertiary/aromatic N) is 2. The molecule has 1 atom stereocenters. The summed E-state index contributed by atoms with van der Waals surface area (Å²) in [5.74, 6) is 0. The van der Waals surface area contributed by atoms with Gasteiger partial charge in [0.15, 0.2) is 0 Å². The fraction of sp³-hybridized carbons (Fsp3) is 0.636. The smallest absolute Gasteiger partial charge is 0.225 e. The zero-order valence-electron chi connectivity index (χ0n) is 10.4. The fourth-order valence-electron chi connectivity index (χ4n) is 2.24. The summed E-state index contributed by atoms with van der Waals surface area (Å²) in [4.78, 5) is 7.43. The van der Waals surface area contributed by atoms with Crippen LogP contribution in [-0.4, -0.2) is 24.4 Å². The average Bonchev–Trinajstić information content (AvgIpc) is 2.58. The molecule has 2 rings (SSSR count). The van der Waals surface area contributed by atoms with Crippen molar-refractivity contribution >= 4 is 21.6 Å².